The Morgan fingerprint density at radius 1 is 1.38 bits per heavy atom. The average molecular weight is 225 g/mol. The first kappa shape index (κ1) is 13.0. The van der Waals surface area contributed by atoms with Crippen LogP contribution in [-0.4, -0.2) is 35.3 Å². The molecule has 4 heteroatoms. The first-order chi connectivity index (χ1) is 7.47. The maximum absolute atomic E-state index is 11.9. The van der Waals surface area contributed by atoms with Gasteiger partial charge in [0.1, 0.15) is 6.04 Å². The SMILES string of the molecule is CC(C)[C@H](C)NC(=O)C(C)N(C=N)C1CC1. The lowest BCUT2D eigenvalue weighted by molar-refractivity contribution is -0.125. The number of hydrogen-bond donors (Lipinski definition) is 2. The van der Waals surface area contributed by atoms with Crippen LogP contribution in [0.15, 0.2) is 0 Å². The number of carbonyl (C=O) groups is 1. The molecule has 0 radical (unpaired) electrons. The summed E-state index contributed by atoms with van der Waals surface area (Å²) in [5, 5.41) is 10.3. The Labute approximate surface area is 97.9 Å². The van der Waals surface area contributed by atoms with Crippen molar-refractivity contribution in [2.75, 3.05) is 0 Å². The average Bonchev–Trinajstić information content (AvgIpc) is 3.02. The quantitative estimate of drug-likeness (QED) is 0.533. The second kappa shape index (κ2) is 5.32. The van der Waals surface area contributed by atoms with Gasteiger partial charge < -0.3 is 10.2 Å². The third kappa shape index (κ3) is 3.22. The summed E-state index contributed by atoms with van der Waals surface area (Å²) in [7, 11) is 0. The van der Waals surface area contributed by atoms with Gasteiger partial charge in [0.05, 0.1) is 6.34 Å². The van der Waals surface area contributed by atoms with Crippen molar-refractivity contribution in [3.05, 3.63) is 0 Å². The maximum atomic E-state index is 11.9. The molecule has 2 atom stereocenters. The molecule has 0 bridgehead atoms. The van der Waals surface area contributed by atoms with Crippen LogP contribution < -0.4 is 5.32 Å². The summed E-state index contributed by atoms with van der Waals surface area (Å²) in [6.45, 7) is 8.06. The number of hydrogen-bond acceptors (Lipinski definition) is 2. The van der Waals surface area contributed by atoms with Gasteiger partial charge >= 0.3 is 0 Å². The van der Waals surface area contributed by atoms with Gasteiger partial charge in [0.15, 0.2) is 0 Å². The summed E-state index contributed by atoms with van der Waals surface area (Å²) >= 11 is 0. The summed E-state index contributed by atoms with van der Waals surface area (Å²) in [6.07, 6.45) is 3.50. The molecule has 1 unspecified atom stereocenters. The van der Waals surface area contributed by atoms with Crippen LogP contribution in [0.1, 0.15) is 40.5 Å². The molecule has 0 saturated heterocycles. The highest BCUT2D eigenvalue weighted by Crippen LogP contribution is 2.27. The van der Waals surface area contributed by atoms with E-state index in [1.807, 2.05) is 18.7 Å². The molecule has 0 aromatic rings. The first-order valence-electron chi connectivity index (χ1n) is 6.05. The number of amides is 1. The molecule has 1 amide bonds. The zero-order valence-electron chi connectivity index (χ0n) is 10.7. The van der Waals surface area contributed by atoms with Crippen LogP contribution >= 0.6 is 0 Å². The molecule has 0 aromatic carbocycles. The maximum Gasteiger partial charge on any atom is 0.242 e. The van der Waals surface area contributed by atoms with Crippen LogP contribution in [-0.2, 0) is 4.79 Å². The lowest BCUT2D eigenvalue weighted by Gasteiger charge is -2.27. The summed E-state index contributed by atoms with van der Waals surface area (Å²) in [4.78, 5) is 13.8. The largest absolute Gasteiger partial charge is 0.352 e. The Bertz CT molecular complexity index is 261. The topological polar surface area (TPSA) is 56.2 Å². The van der Waals surface area contributed by atoms with Crippen LogP contribution in [0.5, 0.6) is 0 Å². The fourth-order valence-corrected chi connectivity index (χ4v) is 1.55. The van der Waals surface area contributed by atoms with Gasteiger partial charge in [0, 0.05) is 12.1 Å². The molecule has 1 aliphatic rings. The second-order valence-electron chi connectivity index (χ2n) is 5.02. The van der Waals surface area contributed by atoms with Crippen molar-refractivity contribution in [2.45, 2.75) is 58.7 Å². The van der Waals surface area contributed by atoms with Gasteiger partial charge in [-0.15, -0.1) is 0 Å². The Morgan fingerprint density at radius 2 is 1.94 bits per heavy atom. The highest BCUT2D eigenvalue weighted by Gasteiger charge is 2.33. The van der Waals surface area contributed by atoms with E-state index in [0.717, 1.165) is 12.8 Å². The second-order valence-corrected chi connectivity index (χ2v) is 5.02. The summed E-state index contributed by atoms with van der Waals surface area (Å²) in [5.74, 6) is 0.460. The van der Waals surface area contributed by atoms with Crippen molar-refractivity contribution < 1.29 is 4.79 Å². The molecule has 0 aromatic heterocycles. The minimum Gasteiger partial charge on any atom is -0.352 e. The predicted molar refractivity (Wildman–Crippen MR) is 65.5 cm³/mol. The van der Waals surface area contributed by atoms with Crippen LogP contribution in [0, 0.1) is 11.3 Å². The Balaban J connectivity index is 2.48. The molecular formula is C12H23N3O. The monoisotopic (exact) mass is 225 g/mol. The normalized spacial score (nSPS) is 19.1. The fraction of sp³-hybridized carbons (Fsp3) is 0.833. The Kier molecular flexibility index (Phi) is 4.33. The lowest BCUT2D eigenvalue weighted by Crippen LogP contribution is -2.49. The van der Waals surface area contributed by atoms with Crippen molar-refractivity contribution in [3.63, 3.8) is 0 Å². The minimum absolute atomic E-state index is 0.0246. The molecule has 1 aliphatic carbocycles. The van der Waals surface area contributed by atoms with E-state index in [9.17, 15) is 4.79 Å². The minimum atomic E-state index is -0.230. The van der Waals surface area contributed by atoms with Gasteiger partial charge in [-0.25, -0.2) is 0 Å². The number of nitrogens with zero attached hydrogens (tertiary/aromatic N) is 1. The fourth-order valence-electron chi connectivity index (χ4n) is 1.55. The first-order valence-corrected chi connectivity index (χ1v) is 6.05. The third-order valence-corrected chi connectivity index (χ3v) is 3.31. The van der Waals surface area contributed by atoms with Crippen molar-refractivity contribution in [1.29, 1.82) is 5.41 Å². The molecule has 4 nitrogen and oxygen atoms in total. The summed E-state index contributed by atoms with van der Waals surface area (Å²) < 4.78 is 0. The van der Waals surface area contributed by atoms with E-state index in [-0.39, 0.29) is 18.0 Å². The molecule has 1 saturated carbocycles. The zero-order chi connectivity index (χ0) is 12.3. The van der Waals surface area contributed by atoms with Crippen LogP contribution in [0.25, 0.3) is 0 Å². The number of carbonyl (C=O) groups excluding carboxylic acids is 1. The Hall–Kier alpha value is -1.06. The van der Waals surface area contributed by atoms with E-state index in [1.165, 1.54) is 6.34 Å². The summed E-state index contributed by atoms with van der Waals surface area (Å²) in [6, 6.07) is 0.362. The van der Waals surface area contributed by atoms with E-state index in [1.54, 1.807) is 0 Å². The van der Waals surface area contributed by atoms with Gasteiger partial charge in [-0.1, -0.05) is 13.8 Å². The molecule has 16 heavy (non-hydrogen) atoms. The van der Waals surface area contributed by atoms with Crippen LogP contribution in [0.2, 0.25) is 0 Å². The van der Waals surface area contributed by atoms with E-state index in [2.05, 4.69) is 19.2 Å². The lowest BCUT2D eigenvalue weighted by atomic mass is 10.1. The molecular weight excluding hydrogens is 202 g/mol. The van der Waals surface area contributed by atoms with E-state index in [4.69, 9.17) is 5.41 Å². The van der Waals surface area contributed by atoms with Gasteiger partial charge in [-0.3, -0.25) is 10.2 Å². The van der Waals surface area contributed by atoms with E-state index in [0.29, 0.717) is 12.0 Å². The van der Waals surface area contributed by atoms with Crippen molar-refractivity contribution >= 4 is 12.2 Å². The molecule has 2 N–H and O–H groups in total. The standard InChI is InChI=1S/C12H23N3O/c1-8(2)9(3)14-12(16)10(4)15(7-13)11-5-6-11/h7-11,13H,5-6H2,1-4H3,(H,14,16)/t9-,10?/m0/s1. The van der Waals surface area contributed by atoms with Crippen LogP contribution in [0.3, 0.4) is 0 Å². The highest BCUT2D eigenvalue weighted by molar-refractivity contribution is 5.83. The van der Waals surface area contributed by atoms with Gasteiger partial charge in [-0.05, 0) is 32.6 Å². The van der Waals surface area contributed by atoms with Crippen LogP contribution in [0.4, 0.5) is 0 Å². The molecule has 0 heterocycles. The Morgan fingerprint density at radius 3 is 2.31 bits per heavy atom. The molecule has 1 fully saturated rings. The van der Waals surface area contributed by atoms with Crippen molar-refractivity contribution in [1.82, 2.24) is 10.2 Å². The summed E-state index contributed by atoms with van der Waals surface area (Å²) in [5.41, 5.74) is 0. The molecule has 92 valence electrons. The third-order valence-electron chi connectivity index (χ3n) is 3.31. The highest BCUT2D eigenvalue weighted by atomic mass is 16.2. The smallest absolute Gasteiger partial charge is 0.242 e. The van der Waals surface area contributed by atoms with Crippen molar-refractivity contribution in [3.8, 4) is 0 Å². The molecule has 1 rings (SSSR count). The van der Waals surface area contributed by atoms with Crippen molar-refractivity contribution in [2.24, 2.45) is 5.92 Å². The predicted octanol–water partition coefficient (Wildman–Crippen LogP) is 1.61. The molecule has 0 spiro atoms. The van der Waals surface area contributed by atoms with Gasteiger partial charge in [0.25, 0.3) is 0 Å². The zero-order valence-corrected chi connectivity index (χ0v) is 10.7. The van der Waals surface area contributed by atoms with Gasteiger partial charge in [-0.2, -0.15) is 0 Å². The molecule has 0 aliphatic heterocycles. The van der Waals surface area contributed by atoms with Gasteiger partial charge in [0.2, 0.25) is 5.91 Å². The number of rotatable bonds is 6. The van der Waals surface area contributed by atoms with E-state index >= 15 is 0 Å². The number of nitrogens with one attached hydrogen (secondary N) is 2. The van der Waals surface area contributed by atoms with E-state index < -0.39 is 0 Å².